The van der Waals surface area contributed by atoms with E-state index in [-0.39, 0.29) is 23.3 Å². The number of nitro benzene ring substituents is 1. The molecule has 1 amide bonds. The fraction of sp³-hybridized carbons (Fsp3) is 0.750. The Morgan fingerprint density at radius 3 is 2.51 bits per heavy atom. The highest BCUT2D eigenvalue weighted by Crippen LogP contribution is 2.67. The molecular formula is C36H55N3O4. The van der Waals surface area contributed by atoms with E-state index in [0.717, 1.165) is 60.5 Å². The van der Waals surface area contributed by atoms with Crippen LogP contribution in [0.25, 0.3) is 0 Å². The summed E-state index contributed by atoms with van der Waals surface area (Å²) in [6, 6.07) is 6.28. The average Bonchev–Trinajstić information content (AvgIpc) is 3.33. The fourth-order valence-electron chi connectivity index (χ4n) is 10.0. The van der Waals surface area contributed by atoms with Crippen molar-refractivity contribution in [2.45, 2.75) is 111 Å². The Bertz CT molecular complexity index is 1170. The van der Waals surface area contributed by atoms with Gasteiger partial charge in [-0.05, 0) is 103 Å². The van der Waals surface area contributed by atoms with Crippen LogP contribution in [0.5, 0.6) is 0 Å². The van der Waals surface area contributed by atoms with Gasteiger partial charge in [-0.1, -0.05) is 65.5 Å². The number of anilines is 1. The number of nitrogens with zero attached hydrogens (tertiary/aromatic N) is 1. The molecule has 8 atom stereocenters. The summed E-state index contributed by atoms with van der Waals surface area (Å²) in [4.78, 5) is 23.0. The summed E-state index contributed by atoms with van der Waals surface area (Å²) in [5.41, 5.74) is 3.13. The van der Waals surface area contributed by atoms with Gasteiger partial charge in [0.1, 0.15) is 6.10 Å². The number of ether oxygens (including phenoxy) is 1. The van der Waals surface area contributed by atoms with Crippen LogP contribution in [0, 0.1) is 56.5 Å². The SMILES string of the molecule is CC(C)CCC[C@@H](C)[C@H]1CC[C@H]2[C@@H]3CC=C4C[C@@H](OC(=O)NCCNc5ccc([N+](=O)[O-])cc5)CC[C@]4(C)[C@H]3CC[C@]12C. The van der Waals surface area contributed by atoms with Crippen LogP contribution in [0.1, 0.15) is 105 Å². The van der Waals surface area contributed by atoms with E-state index in [4.69, 9.17) is 4.74 Å². The maximum atomic E-state index is 12.6. The van der Waals surface area contributed by atoms with Crippen molar-refractivity contribution in [3.63, 3.8) is 0 Å². The number of amides is 1. The van der Waals surface area contributed by atoms with E-state index in [9.17, 15) is 14.9 Å². The first-order valence-electron chi connectivity index (χ1n) is 17.1. The number of hydrogen-bond donors (Lipinski definition) is 2. The largest absolute Gasteiger partial charge is 0.446 e. The number of carbonyl (C=O) groups is 1. The molecule has 0 unspecified atom stereocenters. The number of hydrogen-bond acceptors (Lipinski definition) is 5. The van der Waals surface area contributed by atoms with Crippen molar-refractivity contribution < 1.29 is 14.5 Å². The smallest absolute Gasteiger partial charge is 0.407 e. The molecule has 0 bridgehead atoms. The van der Waals surface area contributed by atoms with Crippen LogP contribution in [-0.2, 0) is 4.74 Å². The molecule has 3 saturated carbocycles. The molecule has 0 aliphatic heterocycles. The molecule has 1 aromatic rings. The molecule has 7 heteroatoms. The number of rotatable bonds is 11. The van der Waals surface area contributed by atoms with Crippen LogP contribution < -0.4 is 10.6 Å². The summed E-state index contributed by atoms with van der Waals surface area (Å²) < 4.78 is 5.89. The summed E-state index contributed by atoms with van der Waals surface area (Å²) in [6.45, 7) is 13.4. The topological polar surface area (TPSA) is 93.5 Å². The highest BCUT2D eigenvalue weighted by atomic mass is 16.6. The number of non-ortho nitro benzene ring substituents is 1. The first-order chi connectivity index (χ1) is 20.5. The van der Waals surface area contributed by atoms with Gasteiger partial charge < -0.3 is 15.4 Å². The summed E-state index contributed by atoms with van der Waals surface area (Å²) in [5, 5.41) is 16.9. The molecule has 0 heterocycles. The van der Waals surface area contributed by atoms with E-state index >= 15 is 0 Å². The number of allylic oxidation sites excluding steroid dienone is 1. The van der Waals surface area contributed by atoms with Crippen molar-refractivity contribution >= 4 is 17.5 Å². The van der Waals surface area contributed by atoms with Gasteiger partial charge in [0, 0.05) is 37.3 Å². The molecule has 0 radical (unpaired) electrons. The monoisotopic (exact) mass is 593 g/mol. The third kappa shape index (κ3) is 6.76. The molecule has 5 rings (SSSR count). The maximum absolute atomic E-state index is 12.6. The lowest BCUT2D eigenvalue weighted by Crippen LogP contribution is -2.51. The van der Waals surface area contributed by atoms with Gasteiger partial charge in [-0.3, -0.25) is 10.1 Å². The Hall–Kier alpha value is -2.57. The lowest BCUT2D eigenvalue weighted by molar-refractivity contribution is -0.384. The van der Waals surface area contributed by atoms with Gasteiger partial charge >= 0.3 is 6.09 Å². The van der Waals surface area contributed by atoms with Crippen LogP contribution in [0.15, 0.2) is 35.9 Å². The van der Waals surface area contributed by atoms with Crippen molar-refractivity contribution in [3.05, 3.63) is 46.0 Å². The normalized spacial score (nSPS) is 33.9. The second kappa shape index (κ2) is 13.2. The van der Waals surface area contributed by atoms with Crippen LogP contribution in [0.2, 0.25) is 0 Å². The Morgan fingerprint density at radius 2 is 1.79 bits per heavy atom. The Kier molecular flexibility index (Phi) is 9.77. The average molecular weight is 594 g/mol. The maximum Gasteiger partial charge on any atom is 0.407 e. The number of nitrogens with one attached hydrogen (secondary N) is 2. The quantitative estimate of drug-likeness (QED) is 0.115. The third-order valence-electron chi connectivity index (χ3n) is 12.3. The molecule has 0 aromatic heterocycles. The van der Waals surface area contributed by atoms with Gasteiger partial charge in [-0.15, -0.1) is 0 Å². The van der Waals surface area contributed by atoms with Crippen molar-refractivity contribution in [2.75, 3.05) is 18.4 Å². The van der Waals surface area contributed by atoms with Crippen LogP contribution in [0.4, 0.5) is 16.2 Å². The third-order valence-corrected chi connectivity index (χ3v) is 12.3. The van der Waals surface area contributed by atoms with Crippen molar-refractivity contribution in [2.24, 2.45) is 46.3 Å². The first kappa shape index (κ1) is 31.8. The number of nitro groups is 1. The van der Waals surface area contributed by atoms with E-state index in [1.54, 1.807) is 12.1 Å². The van der Waals surface area contributed by atoms with Crippen LogP contribution in [0.3, 0.4) is 0 Å². The van der Waals surface area contributed by atoms with Gasteiger partial charge in [0.05, 0.1) is 4.92 Å². The summed E-state index contributed by atoms with van der Waals surface area (Å²) >= 11 is 0. The second-order valence-electron chi connectivity index (χ2n) is 15.2. The van der Waals surface area contributed by atoms with E-state index in [1.165, 1.54) is 69.1 Å². The lowest BCUT2D eigenvalue weighted by Gasteiger charge is -2.58. The zero-order valence-corrected chi connectivity index (χ0v) is 27.2. The second-order valence-corrected chi connectivity index (χ2v) is 15.2. The Morgan fingerprint density at radius 1 is 1.02 bits per heavy atom. The zero-order valence-electron chi connectivity index (χ0n) is 27.2. The van der Waals surface area contributed by atoms with Crippen LogP contribution in [-0.4, -0.2) is 30.2 Å². The summed E-state index contributed by atoms with van der Waals surface area (Å²) in [7, 11) is 0. The molecule has 0 spiro atoms. The molecule has 7 nitrogen and oxygen atoms in total. The minimum Gasteiger partial charge on any atom is -0.446 e. The highest BCUT2D eigenvalue weighted by molar-refractivity contribution is 5.67. The van der Waals surface area contributed by atoms with Gasteiger partial charge in [0.25, 0.3) is 5.69 Å². The van der Waals surface area contributed by atoms with Gasteiger partial charge in [-0.25, -0.2) is 4.79 Å². The minimum absolute atomic E-state index is 0.0603. The predicted molar refractivity (Wildman–Crippen MR) is 173 cm³/mol. The standard InChI is InChI=1S/C36H55N3O4/c1-24(2)7-6-8-25(3)31-15-16-32-30-14-9-26-23-29(17-19-35(26,4)33(30)18-20-36(31,32)5)43-34(40)38-22-21-37-27-10-12-28(13-11-27)39(41)42/h9-13,24-25,29-33,37H,6-8,14-23H2,1-5H3,(H,38,40)/t25-,29+,30+,31-,32+,33+,35+,36-/m1/s1. The number of fused-ring (bicyclic) bond motifs is 5. The Balaban J connectivity index is 1.11. The van der Waals surface area contributed by atoms with E-state index in [2.05, 4.69) is 51.3 Å². The lowest BCUT2D eigenvalue weighted by atomic mass is 9.47. The first-order valence-corrected chi connectivity index (χ1v) is 17.1. The number of carbonyl (C=O) groups excluding carboxylic acids is 1. The molecule has 1 aromatic carbocycles. The highest BCUT2D eigenvalue weighted by Gasteiger charge is 2.59. The number of benzene rings is 1. The summed E-state index contributed by atoms with van der Waals surface area (Å²) in [5.74, 6) is 4.97. The predicted octanol–water partition coefficient (Wildman–Crippen LogP) is 9.14. The number of alkyl carbamates (subject to hydrolysis) is 1. The zero-order chi connectivity index (χ0) is 30.8. The summed E-state index contributed by atoms with van der Waals surface area (Å²) in [6.07, 6.45) is 16.0. The van der Waals surface area contributed by atoms with E-state index in [1.807, 2.05) is 0 Å². The van der Waals surface area contributed by atoms with Crippen molar-refractivity contribution in [3.8, 4) is 0 Å². The molecule has 0 saturated heterocycles. The van der Waals surface area contributed by atoms with Crippen molar-refractivity contribution in [1.29, 1.82) is 0 Å². The Labute approximate surface area is 259 Å². The molecule has 43 heavy (non-hydrogen) atoms. The van der Waals surface area contributed by atoms with Crippen LogP contribution >= 0.6 is 0 Å². The molecule has 238 valence electrons. The fourth-order valence-corrected chi connectivity index (χ4v) is 10.0. The molecule has 2 N–H and O–H groups in total. The molecule has 3 fully saturated rings. The van der Waals surface area contributed by atoms with Gasteiger partial charge in [0.15, 0.2) is 0 Å². The minimum atomic E-state index is -0.414. The van der Waals surface area contributed by atoms with Gasteiger partial charge in [0.2, 0.25) is 0 Å². The van der Waals surface area contributed by atoms with E-state index < -0.39 is 4.92 Å². The molecule has 4 aliphatic carbocycles. The van der Waals surface area contributed by atoms with Crippen molar-refractivity contribution in [1.82, 2.24) is 5.32 Å². The van der Waals surface area contributed by atoms with E-state index in [0.29, 0.717) is 18.5 Å². The molecule has 4 aliphatic rings. The molecular weight excluding hydrogens is 538 g/mol. The van der Waals surface area contributed by atoms with Gasteiger partial charge in [-0.2, -0.15) is 0 Å².